The summed E-state index contributed by atoms with van der Waals surface area (Å²) in [5.41, 5.74) is -0.352. The van der Waals surface area contributed by atoms with Gasteiger partial charge < -0.3 is 10.1 Å². The molecular formula is C19H28BrNO3. The largest absolute Gasteiger partial charge is 0.452 e. The minimum absolute atomic E-state index is 0.130. The fourth-order valence-corrected chi connectivity index (χ4v) is 7.57. The molecule has 3 atom stereocenters. The number of rotatable bonds is 4. The van der Waals surface area contributed by atoms with Gasteiger partial charge in [-0.3, -0.25) is 9.59 Å². The second-order valence-corrected chi connectivity index (χ2v) is 10.6. The van der Waals surface area contributed by atoms with Gasteiger partial charge in [0, 0.05) is 10.4 Å². The molecule has 0 unspecified atom stereocenters. The van der Waals surface area contributed by atoms with Crippen LogP contribution in [0.1, 0.15) is 71.1 Å². The molecule has 4 bridgehead atoms. The van der Waals surface area contributed by atoms with Crippen LogP contribution in [0, 0.1) is 17.3 Å². The van der Waals surface area contributed by atoms with Crippen LogP contribution < -0.4 is 5.32 Å². The molecule has 0 radical (unpaired) electrons. The van der Waals surface area contributed by atoms with Crippen LogP contribution in [0.2, 0.25) is 0 Å². The SMILES string of the molecule is C[C@@H](OC(=O)C12C[C@@H]3C[C@H](CC(Br)(C3)C1)C2)C(=O)NC1CCCC1. The molecule has 0 aromatic heterocycles. The van der Waals surface area contributed by atoms with E-state index in [1.807, 2.05) is 0 Å². The van der Waals surface area contributed by atoms with Crippen molar-refractivity contribution in [2.75, 3.05) is 0 Å². The van der Waals surface area contributed by atoms with Gasteiger partial charge in [0.1, 0.15) is 0 Å². The fourth-order valence-electron chi connectivity index (χ4n) is 6.12. The Balaban J connectivity index is 1.39. The molecule has 0 heterocycles. The van der Waals surface area contributed by atoms with Crippen LogP contribution in [0.25, 0.3) is 0 Å². The van der Waals surface area contributed by atoms with E-state index in [1.54, 1.807) is 6.92 Å². The van der Waals surface area contributed by atoms with Crippen LogP contribution >= 0.6 is 15.9 Å². The summed E-state index contributed by atoms with van der Waals surface area (Å²) in [6.45, 7) is 1.71. The second kappa shape index (κ2) is 6.00. The predicted octanol–water partition coefficient (Wildman–Crippen LogP) is 3.71. The molecule has 0 aromatic carbocycles. The molecule has 1 amide bonds. The molecule has 4 nitrogen and oxygen atoms in total. The number of carbonyl (C=O) groups is 2. The lowest BCUT2D eigenvalue weighted by Crippen LogP contribution is -2.57. The van der Waals surface area contributed by atoms with E-state index in [2.05, 4.69) is 21.2 Å². The van der Waals surface area contributed by atoms with Crippen LogP contribution in [-0.4, -0.2) is 28.3 Å². The number of esters is 1. The summed E-state index contributed by atoms with van der Waals surface area (Å²) in [7, 11) is 0. The molecule has 24 heavy (non-hydrogen) atoms. The molecular weight excluding hydrogens is 370 g/mol. The first-order chi connectivity index (χ1) is 11.4. The third-order valence-corrected chi connectivity index (χ3v) is 7.71. The first-order valence-electron chi connectivity index (χ1n) is 9.58. The highest BCUT2D eigenvalue weighted by Crippen LogP contribution is 2.64. The van der Waals surface area contributed by atoms with Gasteiger partial charge in [-0.1, -0.05) is 28.8 Å². The zero-order chi connectivity index (χ0) is 16.9. The Morgan fingerprint density at radius 2 is 1.75 bits per heavy atom. The zero-order valence-electron chi connectivity index (χ0n) is 14.5. The van der Waals surface area contributed by atoms with Gasteiger partial charge in [-0.2, -0.15) is 0 Å². The van der Waals surface area contributed by atoms with Crippen molar-refractivity contribution in [3.63, 3.8) is 0 Å². The van der Waals surface area contributed by atoms with Gasteiger partial charge in [0.25, 0.3) is 5.91 Å². The Kier molecular flexibility index (Phi) is 4.21. The Labute approximate surface area is 152 Å². The lowest BCUT2D eigenvalue weighted by atomic mass is 9.49. The van der Waals surface area contributed by atoms with Gasteiger partial charge in [-0.05, 0) is 70.1 Å². The number of carbonyl (C=O) groups excluding carboxylic acids is 2. The molecule has 5 saturated carbocycles. The molecule has 5 heteroatoms. The molecule has 5 aliphatic rings. The highest BCUT2D eigenvalue weighted by atomic mass is 79.9. The quantitative estimate of drug-likeness (QED) is 0.580. The molecule has 5 fully saturated rings. The van der Waals surface area contributed by atoms with Gasteiger partial charge in [0.2, 0.25) is 0 Å². The van der Waals surface area contributed by atoms with E-state index in [-0.39, 0.29) is 27.7 Å². The van der Waals surface area contributed by atoms with E-state index in [1.165, 1.54) is 32.1 Å². The molecule has 5 aliphatic carbocycles. The van der Waals surface area contributed by atoms with Gasteiger partial charge in [-0.15, -0.1) is 0 Å². The maximum atomic E-state index is 13.0. The molecule has 1 N–H and O–H groups in total. The van der Waals surface area contributed by atoms with Crippen molar-refractivity contribution in [1.82, 2.24) is 5.32 Å². The summed E-state index contributed by atoms with van der Waals surface area (Å²) in [4.78, 5) is 25.3. The van der Waals surface area contributed by atoms with Crippen molar-refractivity contribution >= 4 is 27.8 Å². The Hall–Kier alpha value is -0.580. The standard InChI is InChI=1S/C19H28BrNO3/c1-12(16(22)21-15-4-2-3-5-15)24-17(23)18-7-13-6-14(8-18)10-19(20,9-13)11-18/h12-15H,2-11H2,1H3,(H,21,22)/t12-,13+,14+,18?,19?/m1/s1. The number of halogens is 1. The van der Waals surface area contributed by atoms with E-state index in [4.69, 9.17) is 4.74 Å². The zero-order valence-corrected chi connectivity index (χ0v) is 16.1. The summed E-state index contributed by atoms with van der Waals surface area (Å²) in [6, 6.07) is 0.268. The van der Waals surface area contributed by atoms with Gasteiger partial charge >= 0.3 is 5.97 Å². The summed E-state index contributed by atoms with van der Waals surface area (Å²) in [5, 5.41) is 3.04. The number of nitrogens with one attached hydrogen (secondary N) is 1. The number of hydrogen-bond acceptors (Lipinski definition) is 3. The average molecular weight is 398 g/mol. The number of hydrogen-bond donors (Lipinski definition) is 1. The average Bonchev–Trinajstić information content (AvgIpc) is 2.97. The minimum Gasteiger partial charge on any atom is -0.452 e. The molecule has 0 spiro atoms. The van der Waals surface area contributed by atoms with Crippen molar-refractivity contribution in [2.24, 2.45) is 17.3 Å². The molecule has 0 aliphatic heterocycles. The third kappa shape index (κ3) is 3.02. The Bertz CT molecular complexity index is 529. The van der Waals surface area contributed by atoms with Gasteiger partial charge in [-0.25, -0.2) is 0 Å². The van der Waals surface area contributed by atoms with Crippen LogP contribution in [0.4, 0.5) is 0 Å². The van der Waals surface area contributed by atoms with Gasteiger partial charge in [0.05, 0.1) is 5.41 Å². The van der Waals surface area contributed by atoms with Crippen molar-refractivity contribution in [1.29, 1.82) is 0 Å². The van der Waals surface area contributed by atoms with Crippen LogP contribution in [0.15, 0.2) is 0 Å². The maximum absolute atomic E-state index is 13.0. The Morgan fingerprint density at radius 3 is 2.33 bits per heavy atom. The summed E-state index contributed by atoms with van der Waals surface area (Å²) < 4.78 is 5.81. The maximum Gasteiger partial charge on any atom is 0.312 e. The monoisotopic (exact) mass is 397 g/mol. The third-order valence-electron chi connectivity index (χ3n) is 6.78. The lowest BCUT2D eigenvalue weighted by molar-refractivity contribution is -0.176. The van der Waals surface area contributed by atoms with E-state index in [9.17, 15) is 9.59 Å². The Morgan fingerprint density at radius 1 is 1.12 bits per heavy atom. The molecule has 134 valence electrons. The number of amides is 1. The predicted molar refractivity (Wildman–Crippen MR) is 94.7 cm³/mol. The summed E-state index contributed by atoms with van der Waals surface area (Å²) >= 11 is 3.93. The first kappa shape index (κ1) is 16.9. The first-order valence-corrected chi connectivity index (χ1v) is 10.4. The van der Waals surface area contributed by atoms with Crippen LogP contribution in [-0.2, 0) is 14.3 Å². The molecule has 0 saturated heterocycles. The van der Waals surface area contributed by atoms with Crippen molar-refractivity contribution in [3.05, 3.63) is 0 Å². The molecule has 5 rings (SSSR count). The number of ether oxygens (including phenoxy) is 1. The van der Waals surface area contributed by atoms with Crippen molar-refractivity contribution < 1.29 is 14.3 Å². The van der Waals surface area contributed by atoms with E-state index in [0.717, 1.165) is 32.1 Å². The lowest BCUT2D eigenvalue weighted by Gasteiger charge is -2.58. The molecule has 0 aromatic rings. The minimum atomic E-state index is -0.683. The van der Waals surface area contributed by atoms with Crippen molar-refractivity contribution in [2.45, 2.75) is 87.6 Å². The van der Waals surface area contributed by atoms with Gasteiger partial charge in [0.15, 0.2) is 6.10 Å². The smallest absolute Gasteiger partial charge is 0.312 e. The van der Waals surface area contributed by atoms with Crippen molar-refractivity contribution in [3.8, 4) is 0 Å². The highest BCUT2D eigenvalue weighted by molar-refractivity contribution is 9.10. The van der Waals surface area contributed by atoms with E-state index < -0.39 is 6.10 Å². The second-order valence-electron chi connectivity index (χ2n) is 8.93. The number of alkyl halides is 1. The normalized spacial score (nSPS) is 42.1. The topological polar surface area (TPSA) is 55.4 Å². The summed E-state index contributed by atoms with van der Waals surface area (Å²) in [6.07, 6.45) is 10.2. The summed E-state index contributed by atoms with van der Waals surface area (Å²) in [5.74, 6) is 1.02. The van der Waals surface area contributed by atoms with E-state index in [0.29, 0.717) is 11.8 Å². The van der Waals surface area contributed by atoms with Crippen LogP contribution in [0.5, 0.6) is 0 Å². The van der Waals surface area contributed by atoms with Crippen LogP contribution in [0.3, 0.4) is 0 Å². The van der Waals surface area contributed by atoms with E-state index >= 15 is 0 Å². The highest BCUT2D eigenvalue weighted by Gasteiger charge is 2.60. The fraction of sp³-hybridized carbons (Fsp3) is 0.895.